The summed E-state index contributed by atoms with van der Waals surface area (Å²) in [7, 11) is 3.09. The van der Waals surface area contributed by atoms with Crippen molar-refractivity contribution in [2.45, 2.75) is 20.0 Å². The summed E-state index contributed by atoms with van der Waals surface area (Å²) in [4.78, 5) is 8.71. The minimum atomic E-state index is -1.00. The Morgan fingerprint density at radius 2 is 1.25 bits per heavy atom. The molecule has 0 bridgehead atoms. The summed E-state index contributed by atoms with van der Waals surface area (Å²) in [6.07, 6.45) is -1.00. The summed E-state index contributed by atoms with van der Waals surface area (Å²) in [5.74, 6) is 1.04. The number of rotatable bonds is 4. The van der Waals surface area contributed by atoms with Crippen molar-refractivity contribution in [1.29, 1.82) is 0 Å². The highest BCUT2D eigenvalue weighted by molar-refractivity contribution is 5.40. The smallest absolute Gasteiger partial charge is 0.145 e. The van der Waals surface area contributed by atoms with Crippen LogP contribution in [0.5, 0.6) is 11.5 Å². The Hall–Kier alpha value is -2.14. The van der Waals surface area contributed by atoms with Crippen molar-refractivity contribution in [1.82, 2.24) is 9.97 Å². The topological polar surface area (TPSA) is 64.5 Å². The Bertz CT molecular complexity index is 561. The van der Waals surface area contributed by atoms with Gasteiger partial charge in [0, 0.05) is 11.4 Å². The Morgan fingerprint density at radius 1 is 0.850 bits per heavy atom. The van der Waals surface area contributed by atoms with E-state index in [0.717, 1.165) is 11.4 Å². The fourth-order valence-corrected chi connectivity index (χ4v) is 1.99. The third-order valence-corrected chi connectivity index (χ3v) is 3.01. The molecule has 2 aromatic rings. The van der Waals surface area contributed by atoms with Gasteiger partial charge in [0.05, 0.1) is 14.2 Å². The van der Waals surface area contributed by atoms with Crippen LogP contribution in [0.4, 0.5) is 0 Å². The molecule has 0 atom stereocenters. The third-order valence-electron chi connectivity index (χ3n) is 3.01. The lowest BCUT2D eigenvalue weighted by Crippen LogP contribution is -2.10. The standard InChI is InChI=1S/C15H18N2O3/c1-9-5-7-11(19-3)13(16-9)15(18)14-12(20-4)8-6-10(2)17-14/h5-8,15,18H,1-4H3. The maximum absolute atomic E-state index is 10.6. The molecule has 5 heteroatoms. The van der Waals surface area contributed by atoms with Crippen molar-refractivity contribution in [2.75, 3.05) is 14.2 Å². The van der Waals surface area contributed by atoms with E-state index in [1.54, 1.807) is 26.4 Å². The molecule has 2 rings (SSSR count). The van der Waals surface area contributed by atoms with Gasteiger partial charge in [0.15, 0.2) is 0 Å². The van der Waals surface area contributed by atoms with E-state index >= 15 is 0 Å². The minimum Gasteiger partial charge on any atom is -0.495 e. The number of hydrogen-bond donors (Lipinski definition) is 1. The molecule has 106 valence electrons. The molecule has 0 saturated carbocycles. The Morgan fingerprint density at radius 3 is 1.60 bits per heavy atom. The Balaban J connectivity index is 2.53. The van der Waals surface area contributed by atoms with E-state index in [1.807, 2.05) is 26.0 Å². The monoisotopic (exact) mass is 274 g/mol. The summed E-state index contributed by atoms with van der Waals surface area (Å²) in [5, 5.41) is 10.6. The molecule has 0 aliphatic carbocycles. The van der Waals surface area contributed by atoms with Gasteiger partial charge in [-0.3, -0.25) is 9.97 Å². The lowest BCUT2D eigenvalue weighted by molar-refractivity contribution is 0.198. The first-order valence-corrected chi connectivity index (χ1v) is 6.28. The van der Waals surface area contributed by atoms with Gasteiger partial charge in [0.25, 0.3) is 0 Å². The number of nitrogens with zero attached hydrogens (tertiary/aromatic N) is 2. The SMILES string of the molecule is COc1ccc(C)nc1C(O)c1nc(C)ccc1OC. The Labute approximate surface area is 118 Å². The molecule has 0 aliphatic rings. The molecule has 2 aromatic heterocycles. The normalized spacial score (nSPS) is 10.7. The molecule has 0 fully saturated rings. The van der Waals surface area contributed by atoms with Crippen molar-refractivity contribution in [3.8, 4) is 11.5 Å². The van der Waals surface area contributed by atoms with Crippen molar-refractivity contribution >= 4 is 0 Å². The maximum atomic E-state index is 10.6. The van der Waals surface area contributed by atoms with E-state index in [9.17, 15) is 5.11 Å². The molecule has 2 heterocycles. The molecule has 0 saturated heterocycles. The number of aromatic nitrogens is 2. The average Bonchev–Trinajstić information content (AvgIpc) is 2.46. The molecule has 0 radical (unpaired) electrons. The van der Waals surface area contributed by atoms with E-state index in [-0.39, 0.29) is 0 Å². The van der Waals surface area contributed by atoms with E-state index in [1.165, 1.54) is 0 Å². The van der Waals surface area contributed by atoms with Crippen LogP contribution in [0, 0.1) is 13.8 Å². The highest BCUT2D eigenvalue weighted by Crippen LogP contribution is 2.32. The molecule has 5 nitrogen and oxygen atoms in total. The summed E-state index contributed by atoms with van der Waals surface area (Å²) >= 11 is 0. The fourth-order valence-electron chi connectivity index (χ4n) is 1.99. The number of hydrogen-bond acceptors (Lipinski definition) is 5. The molecule has 0 aliphatic heterocycles. The largest absolute Gasteiger partial charge is 0.495 e. The predicted octanol–water partition coefficient (Wildman–Crippen LogP) is 2.19. The highest BCUT2D eigenvalue weighted by Gasteiger charge is 2.22. The average molecular weight is 274 g/mol. The first-order valence-electron chi connectivity index (χ1n) is 6.28. The van der Waals surface area contributed by atoms with Crippen molar-refractivity contribution in [3.05, 3.63) is 47.0 Å². The first kappa shape index (κ1) is 14.3. The molecule has 0 amide bonds. The van der Waals surface area contributed by atoms with E-state index in [2.05, 4.69) is 9.97 Å². The van der Waals surface area contributed by atoms with Gasteiger partial charge in [-0.1, -0.05) is 0 Å². The summed E-state index contributed by atoms with van der Waals surface area (Å²) in [6, 6.07) is 7.22. The zero-order chi connectivity index (χ0) is 14.7. The minimum absolute atomic E-state index is 0.434. The molecule has 0 aromatic carbocycles. The van der Waals surface area contributed by atoms with Gasteiger partial charge in [0.2, 0.25) is 0 Å². The fraction of sp³-hybridized carbons (Fsp3) is 0.333. The van der Waals surface area contributed by atoms with Crippen molar-refractivity contribution < 1.29 is 14.6 Å². The zero-order valence-electron chi connectivity index (χ0n) is 12.0. The Kier molecular flexibility index (Phi) is 4.20. The second-order valence-electron chi connectivity index (χ2n) is 4.48. The quantitative estimate of drug-likeness (QED) is 0.926. The van der Waals surface area contributed by atoms with E-state index in [4.69, 9.17) is 9.47 Å². The van der Waals surface area contributed by atoms with Gasteiger partial charge in [-0.15, -0.1) is 0 Å². The van der Waals surface area contributed by atoms with E-state index < -0.39 is 6.10 Å². The molecular formula is C15H18N2O3. The molecule has 0 unspecified atom stereocenters. The van der Waals surface area contributed by atoms with Crippen LogP contribution in [-0.4, -0.2) is 29.3 Å². The van der Waals surface area contributed by atoms with Gasteiger partial charge >= 0.3 is 0 Å². The highest BCUT2D eigenvalue weighted by atomic mass is 16.5. The second-order valence-corrected chi connectivity index (χ2v) is 4.48. The van der Waals surface area contributed by atoms with Gasteiger partial charge < -0.3 is 14.6 Å². The number of methoxy groups -OCH3 is 2. The first-order chi connectivity index (χ1) is 9.56. The lowest BCUT2D eigenvalue weighted by Gasteiger charge is -2.16. The van der Waals surface area contributed by atoms with Crippen LogP contribution in [0.25, 0.3) is 0 Å². The van der Waals surface area contributed by atoms with Crippen LogP contribution in [0.3, 0.4) is 0 Å². The summed E-state index contributed by atoms with van der Waals surface area (Å²) < 4.78 is 10.5. The van der Waals surface area contributed by atoms with Crippen LogP contribution in [0.2, 0.25) is 0 Å². The van der Waals surface area contributed by atoms with Gasteiger partial charge in [0.1, 0.15) is 29.0 Å². The second kappa shape index (κ2) is 5.88. The number of aliphatic hydroxyl groups is 1. The third kappa shape index (κ3) is 2.72. The van der Waals surface area contributed by atoms with Crippen molar-refractivity contribution in [2.24, 2.45) is 0 Å². The number of aryl methyl sites for hydroxylation is 2. The van der Waals surface area contributed by atoms with Crippen molar-refractivity contribution in [3.63, 3.8) is 0 Å². The van der Waals surface area contributed by atoms with Crippen LogP contribution in [-0.2, 0) is 0 Å². The van der Waals surface area contributed by atoms with Crippen LogP contribution >= 0.6 is 0 Å². The van der Waals surface area contributed by atoms with Crippen LogP contribution < -0.4 is 9.47 Å². The van der Waals surface area contributed by atoms with Crippen LogP contribution in [0.15, 0.2) is 24.3 Å². The molecular weight excluding hydrogens is 256 g/mol. The molecule has 1 N–H and O–H groups in total. The summed E-state index contributed by atoms with van der Waals surface area (Å²) in [5.41, 5.74) is 2.46. The molecule has 20 heavy (non-hydrogen) atoms. The van der Waals surface area contributed by atoms with Gasteiger partial charge in [-0.25, -0.2) is 0 Å². The van der Waals surface area contributed by atoms with Gasteiger partial charge in [-0.2, -0.15) is 0 Å². The zero-order valence-corrected chi connectivity index (χ0v) is 12.0. The lowest BCUT2D eigenvalue weighted by atomic mass is 10.1. The van der Waals surface area contributed by atoms with E-state index in [0.29, 0.717) is 22.9 Å². The molecule has 0 spiro atoms. The van der Waals surface area contributed by atoms with Crippen LogP contribution in [0.1, 0.15) is 28.9 Å². The number of aliphatic hydroxyl groups excluding tert-OH is 1. The number of ether oxygens (including phenoxy) is 2. The number of pyridine rings is 2. The maximum Gasteiger partial charge on any atom is 0.145 e. The summed E-state index contributed by atoms with van der Waals surface area (Å²) in [6.45, 7) is 3.72. The predicted molar refractivity (Wildman–Crippen MR) is 75.1 cm³/mol. The van der Waals surface area contributed by atoms with Gasteiger partial charge in [-0.05, 0) is 38.1 Å².